The van der Waals surface area contributed by atoms with Gasteiger partial charge in [0.1, 0.15) is 5.58 Å². The van der Waals surface area contributed by atoms with Gasteiger partial charge < -0.3 is 4.42 Å². The molecule has 0 saturated carbocycles. The number of hydrogen-bond donors (Lipinski definition) is 0. The third-order valence-corrected chi connectivity index (χ3v) is 7.35. The Labute approximate surface area is 214 Å². The number of fused-ring (bicyclic) bond motifs is 1. The highest BCUT2D eigenvalue weighted by atomic mass is 32.2. The summed E-state index contributed by atoms with van der Waals surface area (Å²) in [5, 5.41) is 10.8. The molecule has 0 atom stereocenters. The first-order chi connectivity index (χ1) is 17.4. The van der Waals surface area contributed by atoms with E-state index in [4.69, 9.17) is 4.42 Å². The maximum absolute atomic E-state index is 12.4. The Morgan fingerprint density at radius 2 is 1.75 bits per heavy atom. The lowest BCUT2D eigenvalue weighted by Crippen LogP contribution is -2.03. The molecule has 7 heteroatoms. The van der Waals surface area contributed by atoms with Gasteiger partial charge in [-0.05, 0) is 77.9 Å². The average molecular weight is 497 g/mol. The van der Waals surface area contributed by atoms with E-state index in [2.05, 4.69) is 77.8 Å². The molecule has 0 radical (unpaired) electrons. The zero-order valence-electron chi connectivity index (χ0n) is 20.9. The molecule has 3 heterocycles. The highest BCUT2D eigenvalue weighted by Gasteiger charge is 2.18. The van der Waals surface area contributed by atoms with Crippen molar-refractivity contribution >= 4 is 22.7 Å². The van der Waals surface area contributed by atoms with Gasteiger partial charge >= 0.3 is 5.63 Å². The predicted octanol–water partition coefficient (Wildman–Crippen LogP) is 6.72. The van der Waals surface area contributed by atoms with Crippen LogP contribution in [0.4, 0.5) is 0 Å². The SMILES string of the molecule is CCc1ccc(-n2c(SCc3cc(=O)oc4cc(C)c(C(C)C)cc34)nnc2-c2ccncc2)cc1. The molecule has 182 valence electrons. The normalized spacial score (nSPS) is 11.5. The summed E-state index contributed by atoms with van der Waals surface area (Å²) >= 11 is 1.56. The molecule has 0 saturated heterocycles. The molecule has 5 aromatic rings. The van der Waals surface area contributed by atoms with Crippen molar-refractivity contribution < 1.29 is 4.42 Å². The zero-order valence-corrected chi connectivity index (χ0v) is 21.7. The highest BCUT2D eigenvalue weighted by Crippen LogP contribution is 2.33. The van der Waals surface area contributed by atoms with Crippen molar-refractivity contribution in [1.29, 1.82) is 0 Å². The van der Waals surface area contributed by atoms with Crippen molar-refractivity contribution in [2.45, 2.75) is 50.9 Å². The molecule has 0 bridgehead atoms. The lowest BCUT2D eigenvalue weighted by molar-refractivity contribution is 0.559. The van der Waals surface area contributed by atoms with Crippen LogP contribution in [-0.4, -0.2) is 19.7 Å². The van der Waals surface area contributed by atoms with Gasteiger partial charge in [-0.3, -0.25) is 9.55 Å². The topological polar surface area (TPSA) is 73.8 Å². The van der Waals surface area contributed by atoms with Crippen LogP contribution in [0.25, 0.3) is 28.0 Å². The molecule has 0 aliphatic heterocycles. The molecule has 3 aromatic heterocycles. The lowest BCUT2D eigenvalue weighted by Gasteiger charge is -2.13. The van der Waals surface area contributed by atoms with E-state index in [9.17, 15) is 4.79 Å². The number of hydrogen-bond acceptors (Lipinski definition) is 6. The quantitative estimate of drug-likeness (QED) is 0.184. The number of benzene rings is 2. The Hall–Kier alpha value is -3.71. The molecule has 0 amide bonds. The maximum atomic E-state index is 12.4. The van der Waals surface area contributed by atoms with Crippen LogP contribution in [0.3, 0.4) is 0 Å². The number of thioether (sulfide) groups is 1. The second-order valence-corrected chi connectivity index (χ2v) is 10.1. The molecule has 0 unspecified atom stereocenters. The molecule has 36 heavy (non-hydrogen) atoms. The Morgan fingerprint density at radius 3 is 2.44 bits per heavy atom. The number of pyridine rings is 1. The van der Waals surface area contributed by atoms with Crippen LogP contribution in [-0.2, 0) is 12.2 Å². The molecule has 0 spiro atoms. The van der Waals surface area contributed by atoms with E-state index in [1.807, 2.05) is 18.2 Å². The molecule has 0 aliphatic rings. The fourth-order valence-corrected chi connectivity index (χ4v) is 5.38. The second kappa shape index (κ2) is 10.1. The van der Waals surface area contributed by atoms with Gasteiger partial charge in [0.25, 0.3) is 0 Å². The standard InChI is InChI=1S/C29H28N4O2S/c1-5-20-6-8-23(9-7-20)33-28(21-10-12-30-13-11-21)31-32-29(33)36-17-22-15-27(34)35-26-14-19(4)24(18(2)3)16-25(22)26/h6-16,18H,5,17H2,1-4H3. The fraction of sp³-hybridized carbons (Fsp3) is 0.241. The number of aryl methyl sites for hydroxylation is 2. The van der Waals surface area contributed by atoms with E-state index in [1.54, 1.807) is 30.2 Å². The number of aromatic nitrogens is 4. The van der Waals surface area contributed by atoms with Gasteiger partial charge in [-0.15, -0.1) is 10.2 Å². The summed E-state index contributed by atoms with van der Waals surface area (Å²) in [4.78, 5) is 16.5. The lowest BCUT2D eigenvalue weighted by atomic mass is 9.95. The second-order valence-electron chi connectivity index (χ2n) is 9.14. The van der Waals surface area contributed by atoms with Crippen molar-refractivity contribution in [3.05, 3.63) is 99.7 Å². The summed E-state index contributed by atoms with van der Waals surface area (Å²) in [7, 11) is 0. The van der Waals surface area contributed by atoms with Crippen LogP contribution < -0.4 is 5.63 Å². The molecule has 0 aliphatic carbocycles. The van der Waals surface area contributed by atoms with Gasteiger partial charge in [0.05, 0.1) is 0 Å². The summed E-state index contributed by atoms with van der Waals surface area (Å²) in [5.74, 6) is 1.68. The van der Waals surface area contributed by atoms with Crippen molar-refractivity contribution in [2.24, 2.45) is 0 Å². The van der Waals surface area contributed by atoms with Crippen LogP contribution in [0, 0.1) is 6.92 Å². The summed E-state index contributed by atoms with van der Waals surface area (Å²) in [6, 6.07) is 18.0. The molecule has 0 N–H and O–H groups in total. The summed E-state index contributed by atoms with van der Waals surface area (Å²) < 4.78 is 7.61. The summed E-state index contributed by atoms with van der Waals surface area (Å²) in [6.45, 7) is 8.55. The van der Waals surface area contributed by atoms with Gasteiger partial charge in [0, 0.05) is 40.8 Å². The van der Waals surface area contributed by atoms with E-state index < -0.39 is 0 Å². The Balaban J connectivity index is 1.57. The van der Waals surface area contributed by atoms with Crippen molar-refractivity contribution in [2.75, 3.05) is 0 Å². The van der Waals surface area contributed by atoms with Crippen LogP contribution in [0.1, 0.15) is 48.9 Å². The minimum atomic E-state index is -0.344. The van der Waals surface area contributed by atoms with E-state index in [-0.39, 0.29) is 5.63 Å². The van der Waals surface area contributed by atoms with E-state index in [0.717, 1.165) is 45.2 Å². The van der Waals surface area contributed by atoms with Gasteiger partial charge in [-0.1, -0.05) is 44.7 Å². The Kier molecular flexibility index (Phi) is 6.74. The minimum Gasteiger partial charge on any atom is -0.423 e. The van der Waals surface area contributed by atoms with Crippen molar-refractivity contribution in [3.8, 4) is 17.1 Å². The Bertz CT molecular complexity index is 1570. The van der Waals surface area contributed by atoms with E-state index in [0.29, 0.717) is 17.3 Å². The van der Waals surface area contributed by atoms with Crippen molar-refractivity contribution in [3.63, 3.8) is 0 Å². The first-order valence-corrected chi connectivity index (χ1v) is 13.1. The highest BCUT2D eigenvalue weighted by molar-refractivity contribution is 7.98. The maximum Gasteiger partial charge on any atom is 0.336 e. The largest absolute Gasteiger partial charge is 0.423 e. The van der Waals surface area contributed by atoms with Crippen LogP contribution >= 0.6 is 11.8 Å². The minimum absolute atomic E-state index is 0.344. The van der Waals surface area contributed by atoms with Gasteiger partial charge in [-0.25, -0.2) is 4.79 Å². The smallest absolute Gasteiger partial charge is 0.336 e. The van der Waals surface area contributed by atoms with Gasteiger partial charge in [0.15, 0.2) is 11.0 Å². The molecular formula is C29H28N4O2S. The molecular weight excluding hydrogens is 468 g/mol. The monoisotopic (exact) mass is 496 g/mol. The number of rotatable bonds is 7. The van der Waals surface area contributed by atoms with Crippen LogP contribution in [0.15, 0.2) is 81.4 Å². The third kappa shape index (κ3) is 4.71. The first-order valence-electron chi connectivity index (χ1n) is 12.1. The van der Waals surface area contributed by atoms with Crippen LogP contribution in [0.2, 0.25) is 0 Å². The van der Waals surface area contributed by atoms with Crippen LogP contribution in [0.5, 0.6) is 0 Å². The van der Waals surface area contributed by atoms with Gasteiger partial charge in [0.2, 0.25) is 0 Å². The predicted molar refractivity (Wildman–Crippen MR) is 145 cm³/mol. The first kappa shape index (κ1) is 24.0. The molecule has 2 aromatic carbocycles. The van der Waals surface area contributed by atoms with Crippen molar-refractivity contribution in [1.82, 2.24) is 19.7 Å². The van der Waals surface area contributed by atoms with E-state index in [1.165, 1.54) is 11.1 Å². The average Bonchev–Trinajstić information content (AvgIpc) is 3.31. The fourth-order valence-electron chi connectivity index (χ4n) is 4.44. The number of nitrogens with zero attached hydrogens (tertiary/aromatic N) is 4. The Morgan fingerprint density at radius 1 is 1.00 bits per heavy atom. The summed E-state index contributed by atoms with van der Waals surface area (Å²) in [5.41, 5.74) is 6.77. The zero-order chi connectivity index (χ0) is 25.2. The summed E-state index contributed by atoms with van der Waals surface area (Å²) in [6.07, 6.45) is 4.48. The third-order valence-electron chi connectivity index (χ3n) is 6.37. The molecule has 5 rings (SSSR count). The van der Waals surface area contributed by atoms with Gasteiger partial charge in [-0.2, -0.15) is 0 Å². The molecule has 6 nitrogen and oxygen atoms in total. The van der Waals surface area contributed by atoms with E-state index >= 15 is 0 Å². The molecule has 0 fully saturated rings.